The summed E-state index contributed by atoms with van der Waals surface area (Å²) in [6, 6.07) is 9.50. The summed E-state index contributed by atoms with van der Waals surface area (Å²) in [7, 11) is 0. The SMILES string of the molecule is Cc1cccc(C2(CN=C(N)NC3CC3)CCCC2)c1.I. The maximum atomic E-state index is 6.00. The van der Waals surface area contributed by atoms with Crippen LogP contribution in [0.2, 0.25) is 0 Å². The van der Waals surface area contributed by atoms with Crippen molar-refractivity contribution in [2.45, 2.75) is 56.9 Å². The van der Waals surface area contributed by atoms with E-state index in [0.717, 1.165) is 6.54 Å². The van der Waals surface area contributed by atoms with Gasteiger partial charge in [-0.25, -0.2) is 0 Å². The number of rotatable bonds is 4. The molecule has 0 unspecified atom stereocenters. The van der Waals surface area contributed by atoms with Crippen molar-refractivity contribution < 1.29 is 0 Å². The van der Waals surface area contributed by atoms with Gasteiger partial charge in [-0.05, 0) is 38.2 Å². The van der Waals surface area contributed by atoms with Gasteiger partial charge in [0.05, 0.1) is 6.54 Å². The van der Waals surface area contributed by atoms with E-state index < -0.39 is 0 Å². The topological polar surface area (TPSA) is 50.4 Å². The summed E-state index contributed by atoms with van der Waals surface area (Å²) in [5.74, 6) is 0.631. The predicted octanol–water partition coefficient (Wildman–Crippen LogP) is 3.49. The highest BCUT2D eigenvalue weighted by Crippen LogP contribution is 2.41. The maximum Gasteiger partial charge on any atom is 0.188 e. The van der Waals surface area contributed by atoms with Crippen LogP contribution in [-0.2, 0) is 5.41 Å². The molecule has 0 aromatic heterocycles. The fourth-order valence-corrected chi connectivity index (χ4v) is 3.28. The molecule has 0 bridgehead atoms. The van der Waals surface area contributed by atoms with E-state index in [1.54, 1.807) is 0 Å². The number of nitrogens with two attached hydrogens (primary N) is 1. The molecule has 3 rings (SSSR count). The van der Waals surface area contributed by atoms with E-state index in [0.29, 0.717) is 12.0 Å². The molecular formula is C17H26IN3. The van der Waals surface area contributed by atoms with E-state index in [1.807, 2.05) is 0 Å². The second-order valence-corrected chi connectivity index (χ2v) is 6.48. The highest BCUT2D eigenvalue weighted by Gasteiger charge is 2.35. The molecule has 2 saturated carbocycles. The van der Waals surface area contributed by atoms with Crippen molar-refractivity contribution in [1.82, 2.24) is 5.32 Å². The number of guanidine groups is 1. The third-order valence-electron chi connectivity index (χ3n) is 4.67. The van der Waals surface area contributed by atoms with E-state index in [9.17, 15) is 0 Å². The minimum absolute atomic E-state index is 0. The van der Waals surface area contributed by atoms with Crippen molar-refractivity contribution in [1.29, 1.82) is 0 Å². The van der Waals surface area contributed by atoms with Gasteiger partial charge in [0, 0.05) is 11.5 Å². The lowest BCUT2D eigenvalue weighted by molar-refractivity contribution is 0.453. The highest BCUT2D eigenvalue weighted by atomic mass is 127. The van der Waals surface area contributed by atoms with Crippen molar-refractivity contribution in [3.63, 3.8) is 0 Å². The lowest BCUT2D eigenvalue weighted by Gasteiger charge is -2.28. The molecule has 21 heavy (non-hydrogen) atoms. The molecule has 0 atom stereocenters. The van der Waals surface area contributed by atoms with Crippen LogP contribution in [0.25, 0.3) is 0 Å². The van der Waals surface area contributed by atoms with Crippen LogP contribution in [-0.4, -0.2) is 18.5 Å². The number of hydrogen-bond donors (Lipinski definition) is 2. The summed E-state index contributed by atoms with van der Waals surface area (Å²) in [6.45, 7) is 2.99. The van der Waals surface area contributed by atoms with E-state index in [1.165, 1.54) is 49.7 Å². The van der Waals surface area contributed by atoms with Crippen LogP contribution < -0.4 is 11.1 Å². The van der Waals surface area contributed by atoms with Gasteiger partial charge in [-0.1, -0.05) is 42.7 Å². The first-order valence-electron chi connectivity index (χ1n) is 7.82. The van der Waals surface area contributed by atoms with Gasteiger partial charge in [0.25, 0.3) is 0 Å². The Labute approximate surface area is 144 Å². The molecule has 116 valence electrons. The average Bonchev–Trinajstić information content (AvgIpc) is 3.11. The molecule has 1 aromatic rings. The minimum atomic E-state index is 0. The summed E-state index contributed by atoms with van der Waals surface area (Å²) in [5.41, 5.74) is 8.99. The monoisotopic (exact) mass is 399 g/mol. The van der Waals surface area contributed by atoms with Crippen LogP contribution in [0.4, 0.5) is 0 Å². The molecule has 0 saturated heterocycles. The first kappa shape index (κ1) is 16.6. The van der Waals surface area contributed by atoms with Gasteiger partial charge in [0.2, 0.25) is 0 Å². The summed E-state index contributed by atoms with van der Waals surface area (Å²) in [4.78, 5) is 4.65. The number of hydrogen-bond acceptors (Lipinski definition) is 1. The van der Waals surface area contributed by atoms with E-state index in [2.05, 4.69) is 41.5 Å². The number of nitrogens with zero attached hydrogens (tertiary/aromatic N) is 1. The fraction of sp³-hybridized carbons (Fsp3) is 0.588. The number of aliphatic imine (C=N–C) groups is 1. The zero-order valence-corrected chi connectivity index (χ0v) is 15.1. The Hall–Kier alpha value is -0.780. The molecule has 0 amide bonds. The van der Waals surface area contributed by atoms with Crippen LogP contribution in [0.1, 0.15) is 49.7 Å². The van der Waals surface area contributed by atoms with Gasteiger partial charge in [0.15, 0.2) is 5.96 Å². The van der Waals surface area contributed by atoms with E-state index >= 15 is 0 Å². The summed E-state index contributed by atoms with van der Waals surface area (Å²) < 4.78 is 0. The first-order chi connectivity index (χ1) is 9.68. The fourth-order valence-electron chi connectivity index (χ4n) is 3.28. The minimum Gasteiger partial charge on any atom is -0.370 e. The lowest BCUT2D eigenvalue weighted by Crippen LogP contribution is -2.35. The van der Waals surface area contributed by atoms with Crippen molar-refractivity contribution >= 4 is 29.9 Å². The summed E-state index contributed by atoms with van der Waals surface area (Å²) >= 11 is 0. The van der Waals surface area contributed by atoms with Crippen molar-refractivity contribution in [2.24, 2.45) is 10.7 Å². The Morgan fingerprint density at radius 3 is 2.67 bits per heavy atom. The van der Waals surface area contributed by atoms with Crippen LogP contribution in [0.3, 0.4) is 0 Å². The smallest absolute Gasteiger partial charge is 0.188 e. The molecule has 0 radical (unpaired) electrons. The third kappa shape index (κ3) is 4.11. The standard InChI is InChI=1S/C17H25N3.HI/c1-13-5-4-6-14(11-13)17(9-2-3-10-17)12-19-16(18)20-15-7-8-15;/h4-6,11,15H,2-3,7-10,12H2,1H3,(H3,18,19,20);1H. The molecule has 0 spiro atoms. The van der Waals surface area contributed by atoms with Gasteiger partial charge < -0.3 is 11.1 Å². The first-order valence-corrected chi connectivity index (χ1v) is 7.82. The second kappa shape index (κ2) is 6.99. The summed E-state index contributed by atoms with van der Waals surface area (Å²) in [6.07, 6.45) is 7.55. The molecule has 1 aromatic carbocycles. The Kier molecular flexibility index (Phi) is 5.52. The largest absolute Gasteiger partial charge is 0.370 e. The second-order valence-electron chi connectivity index (χ2n) is 6.48. The number of nitrogens with one attached hydrogen (secondary N) is 1. The number of aryl methyl sites for hydroxylation is 1. The molecule has 3 N–H and O–H groups in total. The molecule has 2 fully saturated rings. The van der Waals surface area contributed by atoms with Crippen molar-refractivity contribution in [3.05, 3.63) is 35.4 Å². The lowest BCUT2D eigenvalue weighted by atomic mass is 9.78. The molecule has 0 heterocycles. The van der Waals surface area contributed by atoms with E-state index in [4.69, 9.17) is 5.73 Å². The molecule has 4 heteroatoms. The Morgan fingerprint density at radius 2 is 2.05 bits per heavy atom. The molecule has 2 aliphatic carbocycles. The normalized spacial score (nSPS) is 20.9. The van der Waals surface area contributed by atoms with Gasteiger partial charge in [-0.2, -0.15) is 0 Å². The van der Waals surface area contributed by atoms with Gasteiger partial charge in [-0.15, -0.1) is 24.0 Å². The zero-order valence-electron chi connectivity index (χ0n) is 12.8. The number of halogens is 1. The van der Waals surface area contributed by atoms with Gasteiger partial charge >= 0.3 is 0 Å². The Morgan fingerprint density at radius 1 is 1.33 bits per heavy atom. The predicted molar refractivity (Wildman–Crippen MR) is 99.4 cm³/mol. The van der Waals surface area contributed by atoms with Gasteiger partial charge in [0.1, 0.15) is 0 Å². The highest BCUT2D eigenvalue weighted by molar-refractivity contribution is 14.0. The Bertz CT molecular complexity index is 503. The third-order valence-corrected chi connectivity index (χ3v) is 4.67. The van der Waals surface area contributed by atoms with Crippen LogP contribution in [0.15, 0.2) is 29.3 Å². The van der Waals surface area contributed by atoms with Crippen LogP contribution >= 0.6 is 24.0 Å². The Balaban J connectivity index is 0.00000161. The summed E-state index contributed by atoms with van der Waals surface area (Å²) in [5, 5.41) is 3.29. The number of benzene rings is 1. The molecule has 3 nitrogen and oxygen atoms in total. The van der Waals surface area contributed by atoms with Crippen LogP contribution in [0, 0.1) is 6.92 Å². The van der Waals surface area contributed by atoms with Crippen molar-refractivity contribution in [3.8, 4) is 0 Å². The zero-order chi connectivity index (χ0) is 14.0. The van der Waals surface area contributed by atoms with E-state index in [-0.39, 0.29) is 29.4 Å². The van der Waals surface area contributed by atoms with Gasteiger partial charge in [-0.3, -0.25) is 4.99 Å². The molecule has 0 aliphatic heterocycles. The maximum absolute atomic E-state index is 6.00. The quantitative estimate of drug-likeness (QED) is 0.463. The molecule has 2 aliphatic rings. The van der Waals surface area contributed by atoms with Crippen LogP contribution in [0.5, 0.6) is 0 Å². The molecular weight excluding hydrogens is 373 g/mol. The average molecular weight is 399 g/mol. The van der Waals surface area contributed by atoms with Crippen molar-refractivity contribution in [2.75, 3.05) is 6.54 Å².